The molecule has 0 radical (unpaired) electrons. The number of aromatic nitrogens is 7. The van der Waals surface area contributed by atoms with Crippen LogP contribution in [0.25, 0.3) is 0 Å². The Kier molecular flexibility index (Phi) is 5.16. The number of aryl methyl sites for hydroxylation is 1. The lowest BCUT2D eigenvalue weighted by atomic mass is 10.2. The summed E-state index contributed by atoms with van der Waals surface area (Å²) in [4.78, 5) is 23.4. The Morgan fingerprint density at radius 3 is 2.59 bits per heavy atom. The second kappa shape index (κ2) is 7.91. The number of rotatable bonds is 7. The third kappa shape index (κ3) is 4.37. The van der Waals surface area contributed by atoms with Gasteiger partial charge in [-0.1, -0.05) is 0 Å². The molecule has 0 aliphatic carbocycles. The second-order valence-corrected chi connectivity index (χ2v) is 6.73. The first-order valence-electron chi connectivity index (χ1n) is 9.07. The number of methoxy groups -OCH3 is 1. The zero-order valence-electron chi connectivity index (χ0n) is 16.2. The van der Waals surface area contributed by atoms with E-state index in [2.05, 4.69) is 45.8 Å². The summed E-state index contributed by atoms with van der Waals surface area (Å²) in [5.74, 6) is 1.73. The third-order valence-electron chi connectivity index (χ3n) is 4.41. The predicted molar refractivity (Wildman–Crippen MR) is 103 cm³/mol. The van der Waals surface area contributed by atoms with Crippen molar-refractivity contribution in [3.63, 3.8) is 0 Å². The SMILES string of the molecule is COC1CN(c2nc(Nc3cc(C)[nH]n3)nc(N[C@@H](C)c3ncc(F)cn3)n2)C1. The van der Waals surface area contributed by atoms with Crippen molar-refractivity contribution < 1.29 is 9.13 Å². The van der Waals surface area contributed by atoms with Gasteiger partial charge in [0.25, 0.3) is 0 Å². The van der Waals surface area contributed by atoms with Crippen molar-refractivity contribution in [1.29, 1.82) is 0 Å². The van der Waals surface area contributed by atoms with Gasteiger partial charge in [-0.2, -0.15) is 20.1 Å². The highest BCUT2D eigenvalue weighted by molar-refractivity contribution is 5.53. The standard InChI is InChI=1S/C17H21FN10O/c1-9-4-13(27-26-9)22-16-23-15(21-10(2)14-19-5-11(18)6-20-14)24-17(25-16)28-7-12(8-28)29-3/h4-6,10,12H,7-8H2,1-3H3,(H3,21,22,23,24,25,26,27)/t10-/m0/s1. The molecule has 0 unspecified atom stereocenters. The summed E-state index contributed by atoms with van der Waals surface area (Å²) < 4.78 is 18.4. The predicted octanol–water partition coefficient (Wildman–Crippen LogP) is 1.58. The Labute approximate surface area is 166 Å². The van der Waals surface area contributed by atoms with Crippen molar-refractivity contribution >= 4 is 23.7 Å². The molecule has 3 N–H and O–H groups in total. The first-order chi connectivity index (χ1) is 14.0. The molecule has 1 saturated heterocycles. The van der Waals surface area contributed by atoms with E-state index < -0.39 is 5.82 Å². The molecule has 1 aliphatic heterocycles. The van der Waals surface area contributed by atoms with Crippen LogP contribution < -0.4 is 15.5 Å². The first kappa shape index (κ1) is 18.9. The number of nitrogens with zero attached hydrogens (tertiary/aromatic N) is 7. The molecule has 29 heavy (non-hydrogen) atoms. The lowest BCUT2D eigenvalue weighted by Crippen LogP contribution is -2.52. The molecule has 3 aromatic rings. The average molecular weight is 400 g/mol. The molecule has 0 saturated carbocycles. The molecule has 0 bridgehead atoms. The van der Waals surface area contributed by atoms with Crippen LogP contribution in [0.15, 0.2) is 18.5 Å². The van der Waals surface area contributed by atoms with Gasteiger partial charge in [0.2, 0.25) is 17.8 Å². The van der Waals surface area contributed by atoms with Gasteiger partial charge in [0.1, 0.15) is 5.82 Å². The Morgan fingerprint density at radius 2 is 1.93 bits per heavy atom. The summed E-state index contributed by atoms with van der Waals surface area (Å²) in [6, 6.07) is 1.50. The van der Waals surface area contributed by atoms with Crippen LogP contribution in [0.2, 0.25) is 0 Å². The van der Waals surface area contributed by atoms with Crippen LogP contribution in [0.4, 0.5) is 28.1 Å². The fourth-order valence-electron chi connectivity index (χ4n) is 2.78. The number of hydrogen-bond acceptors (Lipinski definition) is 10. The van der Waals surface area contributed by atoms with Crippen LogP contribution in [0.3, 0.4) is 0 Å². The number of H-pyrrole nitrogens is 1. The highest BCUT2D eigenvalue weighted by Crippen LogP contribution is 2.23. The number of hydrogen-bond donors (Lipinski definition) is 3. The molecule has 152 valence electrons. The molecular formula is C17H21FN10O. The second-order valence-electron chi connectivity index (χ2n) is 6.73. The molecule has 3 aromatic heterocycles. The van der Waals surface area contributed by atoms with Crippen molar-refractivity contribution in [2.24, 2.45) is 0 Å². The molecule has 0 amide bonds. The minimum atomic E-state index is -0.491. The van der Waals surface area contributed by atoms with E-state index in [1.165, 1.54) is 0 Å². The topological polar surface area (TPSA) is 130 Å². The Balaban J connectivity index is 1.57. The summed E-state index contributed by atoms with van der Waals surface area (Å²) in [5.41, 5.74) is 0.910. The molecule has 12 heteroatoms. The van der Waals surface area contributed by atoms with Crippen LogP contribution in [0.5, 0.6) is 0 Å². The van der Waals surface area contributed by atoms with Crippen molar-refractivity contribution in [1.82, 2.24) is 35.1 Å². The maximum absolute atomic E-state index is 13.1. The van der Waals surface area contributed by atoms with E-state index in [0.717, 1.165) is 18.1 Å². The summed E-state index contributed by atoms with van der Waals surface area (Å²) in [7, 11) is 1.68. The highest BCUT2D eigenvalue weighted by atomic mass is 19.1. The van der Waals surface area contributed by atoms with Crippen LogP contribution >= 0.6 is 0 Å². The number of ether oxygens (including phenoxy) is 1. The Morgan fingerprint density at radius 1 is 1.21 bits per heavy atom. The van der Waals surface area contributed by atoms with E-state index in [-0.39, 0.29) is 12.1 Å². The van der Waals surface area contributed by atoms with Crippen molar-refractivity contribution in [3.05, 3.63) is 35.8 Å². The number of anilines is 4. The summed E-state index contributed by atoms with van der Waals surface area (Å²) in [6.07, 6.45) is 2.40. The lowest BCUT2D eigenvalue weighted by Gasteiger charge is -2.38. The van der Waals surface area contributed by atoms with Gasteiger partial charge >= 0.3 is 0 Å². The van der Waals surface area contributed by atoms with Gasteiger partial charge in [0.15, 0.2) is 11.6 Å². The van der Waals surface area contributed by atoms with E-state index in [9.17, 15) is 4.39 Å². The van der Waals surface area contributed by atoms with E-state index in [4.69, 9.17) is 4.74 Å². The molecule has 0 aromatic carbocycles. The summed E-state index contributed by atoms with van der Waals surface area (Å²) >= 11 is 0. The van der Waals surface area contributed by atoms with Crippen LogP contribution in [0.1, 0.15) is 24.5 Å². The fraction of sp³-hybridized carbons (Fsp3) is 0.412. The van der Waals surface area contributed by atoms with E-state index in [1.54, 1.807) is 7.11 Å². The van der Waals surface area contributed by atoms with Gasteiger partial charge in [-0.05, 0) is 13.8 Å². The maximum Gasteiger partial charge on any atom is 0.235 e. The minimum absolute atomic E-state index is 0.153. The lowest BCUT2D eigenvalue weighted by molar-refractivity contribution is 0.0778. The van der Waals surface area contributed by atoms with Gasteiger partial charge in [0, 0.05) is 32.0 Å². The quantitative estimate of drug-likeness (QED) is 0.537. The van der Waals surface area contributed by atoms with Gasteiger partial charge in [-0.15, -0.1) is 0 Å². The van der Waals surface area contributed by atoms with Gasteiger partial charge in [0.05, 0.1) is 24.5 Å². The summed E-state index contributed by atoms with van der Waals surface area (Å²) in [5, 5.41) is 13.2. The molecule has 1 atom stereocenters. The van der Waals surface area contributed by atoms with Crippen LogP contribution in [0, 0.1) is 12.7 Å². The summed E-state index contributed by atoms with van der Waals surface area (Å²) in [6.45, 7) is 5.12. The molecule has 1 aliphatic rings. The largest absolute Gasteiger partial charge is 0.378 e. The van der Waals surface area contributed by atoms with Crippen molar-refractivity contribution in [2.75, 3.05) is 35.7 Å². The Hall–Kier alpha value is -3.41. The highest BCUT2D eigenvalue weighted by Gasteiger charge is 2.29. The minimum Gasteiger partial charge on any atom is -0.378 e. The molecular weight excluding hydrogens is 379 g/mol. The number of halogens is 1. The monoisotopic (exact) mass is 400 g/mol. The smallest absolute Gasteiger partial charge is 0.235 e. The number of nitrogens with one attached hydrogen (secondary N) is 3. The van der Waals surface area contributed by atoms with Crippen molar-refractivity contribution in [2.45, 2.75) is 26.0 Å². The first-order valence-corrected chi connectivity index (χ1v) is 9.07. The van der Waals surface area contributed by atoms with Gasteiger partial charge < -0.3 is 20.3 Å². The molecule has 4 heterocycles. The third-order valence-corrected chi connectivity index (χ3v) is 4.41. The Bertz CT molecular complexity index is 973. The van der Waals surface area contributed by atoms with E-state index >= 15 is 0 Å². The fourth-order valence-corrected chi connectivity index (χ4v) is 2.78. The zero-order valence-corrected chi connectivity index (χ0v) is 16.2. The van der Waals surface area contributed by atoms with E-state index in [1.807, 2.05) is 24.8 Å². The maximum atomic E-state index is 13.1. The number of aromatic amines is 1. The molecule has 4 rings (SSSR count). The normalized spacial score (nSPS) is 15.1. The van der Waals surface area contributed by atoms with Gasteiger partial charge in [-0.25, -0.2) is 14.4 Å². The zero-order chi connectivity index (χ0) is 20.4. The molecule has 1 fully saturated rings. The molecule has 0 spiro atoms. The van der Waals surface area contributed by atoms with E-state index in [0.29, 0.717) is 42.6 Å². The molecule has 11 nitrogen and oxygen atoms in total. The van der Waals surface area contributed by atoms with Crippen LogP contribution in [-0.4, -0.2) is 61.4 Å². The average Bonchev–Trinajstić information content (AvgIpc) is 3.06. The van der Waals surface area contributed by atoms with Crippen molar-refractivity contribution in [3.8, 4) is 0 Å². The van der Waals surface area contributed by atoms with Gasteiger partial charge in [-0.3, -0.25) is 5.10 Å². The van der Waals surface area contributed by atoms with Crippen LogP contribution in [-0.2, 0) is 4.74 Å².